The first-order valence-electron chi connectivity index (χ1n) is 7.35. The van der Waals surface area contributed by atoms with Gasteiger partial charge in [0.05, 0.1) is 0 Å². The number of piperidine rings is 1. The fraction of sp³-hybridized carbons (Fsp3) is 0.625. The third-order valence-corrected chi connectivity index (χ3v) is 4.45. The molecular weight excluding hydrogens is 236 g/mol. The van der Waals surface area contributed by atoms with Gasteiger partial charge in [-0.2, -0.15) is 0 Å². The maximum atomic E-state index is 9.38. The molecular formula is C16H26N2O. The maximum absolute atomic E-state index is 9.38. The van der Waals surface area contributed by atoms with Crippen molar-refractivity contribution < 1.29 is 5.11 Å². The lowest BCUT2D eigenvalue weighted by Crippen LogP contribution is -2.40. The molecule has 1 unspecified atom stereocenters. The molecule has 1 atom stereocenters. The predicted molar refractivity (Wildman–Crippen MR) is 79.3 cm³/mol. The highest BCUT2D eigenvalue weighted by Crippen LogP contribution is 2.33. The van der Waals surface area contributed by atoms with Crippen LogP contribution < -0.4 is 5.73 Å². The summed E-state index contributed by atoms with van der Waals surface area (Å²) in [5, 5.41) is 9.38. The van der Waals surface area contributed by atoms with Crippen LogP contribution in [0.5, 0.6) is 5.75 Å². The van der Waals surface area contributed by atoms with Crippen LogP contribution in [0, 0.1) is 5.92 Å². The Kier molecular flexibility index (Phi) is 4.83. The lowest BCUT2D eigenvalue weighted by atomic mass is 9.80. The Labute approximate surface area is 116 Å². The zero-order valence-electron chi connectivity index (χ0n) is 12.0. The average molecular weight is 262 g/mol. The van der Waals surface area contributed by atoms with Crippen molar-refractivity contribution in [2.45, 2.75) is 38.6 Å². The fourth-order valence-electron chi connectivity index (χ4n) is 3.16. The molecule has 1 aromatic rings. The maximum Gasteiger partial charge on any atom is 0.115 e. The van der Waals surface area contributed by atoms with Gasteiger partial charge < -0.3 is 15.7 Å². The lowest BCUT2D eigenvalue weighted by molar-refractivity contribution is 0.138. The summed E-state index contributed by atoms with van der Waals surface area (Å²) in [4.78, 5) is 2.54. The van der Waals surface area contributed by atoms with Crippen molar-refractivity contribution in [1.29, 1.82) is 0 Å². The van der Waals surface area contributed by atoms with Crippen molar-refractivity contribution in [1.82, 2.24) is 4.90 Å². The predicted octanol–water partition coefficient (Wildman–Crippen LogP) is 2.55. The molecule has 0 amide bonds. The molecule has 3 nitrogen and oxygen atoms in total. The molecule has 0 saturated carbocycles. The van der Waals surface area contributed by atoms with Crippen LogP contribution >= 0.6 is 0 Å². The SMILES string of the molecule is CC(C)N1CCC(C(CN)c2ccc(O)cc2)CC1. The first-order chi connectivity index (χ1) is 9.11. The Hall–Kier alpha value is -1.06. The smallest absolute Gasteiger partial charge is 0.115 e. The number of phenols is 1. The van der Waals surface area contributed by atoms with Gasteiger partial charge in [-0.1, -0.05) is 12.1 Å². The van der Waals surface area contributed by atoms with E-state index in [-0.39, 0.29) is 0 Å². The molecule has 3 heteroatoms. The van der Waals surface area contributed by atoms with Crippen molar-refractivity contribution >= 4 is 0 Å². The summed E-state index contributed by atoms with van der Waals surface area (Å²) >= 11 is 0. The minimum Gasteiger partial charge on any atom is -0.508 e. The minimum absolute atomic E-state index is 0.328. The van der Waals surface area contributed by atoms with Gasteiger partial charge in [0.25, 0.3) is 0 Å². The van der Waals surface area contributed by atoms with Crippen LogP contribution in [-0.2, 0) is 0 Å². The number of rotatable bonds is 4. The Balaban J connectivity index is 2.01. The highest BCUT2D eigenvalue weighted by molar-refractivity contribution is 5.29. The molecule has 0 radical (unpaired) electrons. The summed E-state index contributed by atoms with van der Waals surface area (Å²) in [7, 11) is 0. The van der Waals surface area contributed by atoms with Gasteiger partial charge in [0.2, 0.25) is 0 Å². The van der Waals surface area contributed by atoms with E-state index in [2.05, 4.69) is 18.7 Å². The molecule has 2 rings (SSSR count). The van der Waals surface area contributed by atoms with E-state index < -0.39 is 0 Å². The molecule has 1 fully saturated rings. The molecule has 0 aromatic heterocycles. The van der Waals surface area contributed by atoms with Gasteiger partial charge in [-0.25, -0.2) is 0 Å². The van der Waals surface area contributed by atoms with Crippen molar-refractivity contribution in [3.63, 3.8) is 0 Å². The monoisotopic (exact) mass is 262 g/mol. The van der Waals surface area contributed by atoms with Gasteiger partial charge >= 0.3 is 0 Å². The van der Waals surface area contributed by atoms with Crippen LogP contribution in [0.4, 0.5) is 0 Å². The van der Waals surface area contributed by atoms with Crippen LogP contribution in [0.1, 0.15) is 38.2 Å². The van der Waals surface area contributed by atoms with Crippen LogP contribution in [0.2, 0.25) is 0 Å². The number of nitrogens with two attached hydrogens (primary N) is 1. The zero-order valence-corrected chi connectivity index (χ0v) is 12.0. The number of aromatic hydroxyl groups is 1. The number of benzene rings is 1. The number of likely N-dealkylation sites (tertiary alicyclic amines) is 1. The molecule has 1 heterocycles. The van der Waals surface area contributed by atoms with E-state index in [1.54, 1.807) is 12.1 Å². The average Bonchev–Trinajstić information content (AvgIpc) is 2.42. The van der Waals surface area contributed by atoms with Crippen LogP contribution in [0.25, 0.3) is 0 Å². The van der Waals surface area contributed by atoms with Crippen molar-refractivity contribution in [2.75, 3.05) is 19.6 Å². The fourth-order valence-corrected chi connectivity index (χ4v) is 3.16. The largest absolute Gasteiger partial charge is 0.508 e. The lowest BCUT2D eigenvalue weighted by Gasteiger charge is -2.37. The first kappa shape index (κ1) is 14.4. The van der Waals surface area contributed by atoms with Crippen LogP contribution in [0.3, 0.4) is 0 Å². The molecule has 0 bridgehead atoms. The summed E-state index contributed by atoms with van der Waals surface area (Å²) < 4.78 is 0. The second kappa shape index (κ2) is 6.40. The molecule has 106 valence electrons. The van der Waals surface area contributed by atoms with Crippen LogP contribution in [0.15, 0.2) is 24.3 Å². The quantitative estimate of drug-likeness (QED) is 0.876. The van der Waals surface area contributed by atoms with Gasteiger partial charge in [-0.15, -0.1) is 0 Å². The number of hydrogen-bond donors (Lipinski definition) is 2. The van der Waals surface area contributed by atoms with E-state index in [1.807, 2.05) is 12.1 Å². The summed E-state index contributed by atoms with van der Waals surface area (Å²) in [5.41, 5.74) is 7.26. The Morgan fingerprint density at radius 1 is 1.21 bits per heavy atom. The second-order valence-electron chi connectivity index (χ2n) is 5.90. The minimum atomic E-state index is 0.328. The van der Waals surface area contributed by atoms with Gasteiger partial charge in [0, 0.05) is 6.04 Å². The molecule has 1 aromatic carbocycles. The summed E-state index contributed by atoms with van der Waals surface area (Å²) in [5.74, 6) is 1.42. The van der Waals surface area contributed by atoms with Crippen LogP contribution in [-0.4, -0.2) is 35.7 Å². The van der Waals surface area contributed by atoms with Gasteiger partial charge in [0.15, 0.2) is 0 Å². The highest BCUT2D eigenvalue weighted by atomic mass is 16.3. The molecule has 0 spiro atoms. The van der Waals surface area contributed by atoms with Gasteiger partial charge in [-0.3, -0.25) is 0 Å². The molecule has 3 N–H and O–H groups in total. The number of phenolic OH excluding ortho intramolecular Hbond substituents is 1. The molecule has 0 aliphatic carbocycles. The van der Waals surface area contributed by atoms with Gasteiger partial charge in [-0.05, 0) is 75.9 Å². The summed E-state index contributed by atoms with van der Waals surface area (Å²) in [6, 6.07) is 8.21. The molecule has 1 saturated heterocycles. The van der Waals surface area contributed by atoms with E-state index in [0.29, 0.717) is 30.2 Å². The highest BCUT2D eigenvalue weighted by Gasteiger charge is 2.27. The zero-order chi connectivity index (χ0) is 13.8. The Morgan fingerprint density at radius 3 is 2.26 bits per heavy atom. The van der Waals surface area contributed by atoms with E-state index in [4.69, 9.17) is 5.73 Å². The summed E-state index contributed by atoms with van der Waals surface area (Å²) in [6.07, 6.45) is 2.45. The third-order valence-electron chi connectivity index (χ3n) is 4.45. The standard InChI is InChI=1S/C16H26N2O/c1-12(2)18-9-7-14(8-10-18)16(11-17)13-3-5-15(19)6-4-13/h3-6,12,14,16,19H,7-11,17H2,1-2H3. The van der Waals surface area contributed by atoms with E-state index in [1.165, 1.54) is 31.5 Å². The topological polar surface area (TPSA) is 49.5 Å². The van der Waals surface area contributed by atoms with E-state index in [0.717, 1.165) is 0 Å². The molecule has 1 aliphatic rings. The summed E-state index contributed by atoms with van der Waals surface area (Å²) in [6.45, 7) is 7.58. The van der Waals surface area contributed by atoms with E-state index in [9.17, 15) is 5.11 Å². The second-order valence-corrected chi connectivity index (χ2v) is 5.90. The Morgan fingerprint density at radius 2 is 1.79 bits per heavy atom. The van der Waals surface area contributed by atoms with Crippen molar-refractivity contribution in [3.8, 4) is 5.75 Å². The third kappa shape index (κ3) is 3.48. The molecule has 19 heavy (non-hydrogen) atoms. The van der Waals surface area contributed by atoms with Crippen molar-refractivity contribution in [2.24, 2.45) is 11.7 Å². The normalized spacial score (nSPS) is 19.8. The first-order valence-corrected chi connectivity index (χ1v) is 7.35. The Bertz CT molecular complexity index is 380. The van der Waals surface area contributed by atoms with Gasteiger partial charge in [0.1, 0.15) is 5.75 Å². The van der Waals surface area contributed by atoms with E-state index >= 15 is 0 Å². The van der Waals surface area contributed by atoms with Crippen molar-refractivity contribution in [3.05, 3.63) is 29.8 Å². The molecule has 1 aliphatic heterocycles. The number of nitrogens with zero attached hydrogens (tertiary/aromatic N) is 1. The number of hydrogen-bond acceptors (Lipinski definition) is 3.